The van der Waals surface area contributed by atoms with Gasteiger partial charge in [0.15, 0.2) is 0 Å². The molecule has 3 atom stereocenters. The molecule has 2 nitrogen and oxygen atoms in total. The fourth-order valence-electron chi connectivity index (χ4n) is 2.89. The maximum Gasteiger partial charge on any atom is 0.0239 e. The molecule has 3 N–H and O–H groups in total. The molecule has 0 bridgehead atoms. The Kier molecular flexibility index (Phi) is 5.26. The molecule has 0 radical (unpaired) electrons. The van der Waals surface area contributed by atoms with Crippen LogP contribution >= 0.6 is 0 Å². The van der Waals surface area contributed by atoms with Crippen molar-refractivity contribution in [2.45, 2.75) is 72.3 Å². The summed E-state index contributed by atoms with van der Waals surface area (Å²) in [5, 5.41) is 0. The molecule has 0 saturated heterocycles. The first kappa shape index (κ1) is 14.0. The van der Waals surface area contributed by atoms with Gasteiger partial charge in [-0.05, 0) is 42.9 Å². The van der Waals surface area contributed by atoms with Gasteiger partial charge in [-0.15, -0.1) is 0 Å². The molecule has 0 aromatic rings. The van der Waals surface area contributed by atoms with Crippen LogP contribution in [-0.4, -0.2) is 6.04 Å². The Morgan fingerprint density at radius 2 is 2.00 bits per heavy atom. The second kappa shape index (κ2) is 6.02. The van der Waals surface area contributed by atoms with Crippen LogP contribution in [0.25, 0.3) is 0 Å². The Balaban J connectivity index is 2.37. The van der Waals surface area contributed by atoms with Gasteiger partial charge in [0.25, 0.3) is 0 Å². The van der Waals surface area contributed by atoms with Crippen LogP contribution in [0, 0.1) is 17.3 Å². The standard InChI is InChI=1S/C14H30N2/c1-5-11-6-7-12(10-11)13(16-15)8-9-14(2,3)4/h11-13,16H,5-10,15H2,1-4H3. The van der Waals surface area contributed by atoms with Crippen LogP contribution in [0.5, 0.6) is 0 Å². The number of rotatable bonds is 5. The highest BCUT2D eigenvalue weighted by atomic mass is 15.2. The van der Waals surface area contributed by atoms with Gasteiger partial charge in [0.2, 0.25) is 0 Å². The van der Waals surface area contributed by atoms with E-state index < -0.39 is 0 Å². The molecule has 0 aromatic heterocycles. The molecule has 1 aliphatic rings. The molecule has 0 aliphatic heterocycles. The van der Waals surface area contributed by atoms with Crippen molar-refractivity contribution in [3.63, 3.8) is 0 Å². The van der Waals surface area contributed by atoms with Crippen molar-refractivity contribution in [3.8, 4) is 0 Å². The van der Waals surface area contributed by atoms with Gasteiger partial charge in [-0.25, -0.2) is 0 Å². The largest absolute Gasteiger partial charge is 0.271 e. The minimum atomic E-state index is 0.428. The minimum Gasteiger partial charge on any atom is -0.271 e. The van der Waals surface area contributed by atoms with Gasteiger partial charge in [-0.1, -0.05) is 40.5 Å². The smallest absolute Gasteiger partial charge is 0.0239 e. The predicted octanol–water partition coefficient (Wildman–Crippen LogP) is 3.47. The first-order valence-electron chi connectivity index (χ1n) is 6.92. The summed E-state index contributed by atoms with van der Waals surface area (Å²) in [6.07, 6.45) is 7.99. The number of hydrogen-bond donors (Lipinski definition) is 2. The molecule has 3 unspecified atom stereocenters. The van der Waals surface area contributed by atoms with Gasteiger partial charge < -0.3 is 0 Å². The van der Waals surface area contributed by atoms with E-state index >= 15 is 0 Å². The molecule has 0 amide bonds. The zero-order valence-electron chi connectivity index (χ0n) is 11.6. The van der Waals surface area contributed by atoms with Crippen LogP contribution in [0.4, 0.5) is 0 Å². The molecule has 1 rings (SSSR count). The quantitative estimate of drug-likeness (QED) is 0.556. The molecule has 1 aliphatic carbocycles. The van der Waals surface area contributed by atoms with Gasteiger partial charge in [0.05, 0.1) is 0 Å². The van der Waals surface area contributed by atoms with E-state index in [4.69, 9.17) is 5.84 Å². The fraction of sp³-hybridized carbons (Fsp3) is 1.00. The highest BCUT2D eigenvalue weighted by Crippen LogP contribution is 2.36. The number of nitrogens with one attached hydrogen (secondary N) is 1. The van der Waals surface area contributed by atoms with E-state index in [1.165, 1.54) is 38.5 Å². The number of hydrazine groups is 1. The van der Waals surface area contributed by atoms with Gasteiger partial charge in [-0.3, -0.25) is 11.3 Å². The summed E-state index contributed by atoms with van der Waals surface area (Å²) in [6, 6.07) is 0.538. The fourth-order valence-corrected chi connectivity index (χ4v) is 2.89. The number of nitrogens with two attached hydrogens (primary N) is 1. The van der Waals surface area contributed by atoms with Gasteiger partial charge in [-0.2, -0.15) is 0 Å². The number of hydrogen-bond acceptors (Lipinski definition) is 2. The zero-order valence-corrected chi connectivity index (χ0v) is 11.6. The molecule has 1 saturated carbocycles. The van der Waals surface area contributed by atoms with Crippen molar-refractivity contribution in [3.05, 3.63) is 0 Å². The first-order valence-corrected chi connectivity index (χ1v) is 6.92. The van der Waals surface area contributed by atoms with Crippen molar-refractivity contribution < 1.29 is 0 Å². The van der Waals surface area contributed by atoms with Gasteiger partial charge in [0.1, 0.15) is 0 Å². The third-order valence-corrected chi connectivity index (χ3v) is 4.15. The Labute approximate surface area is 101 Å². The monoisotopic (exact) mass is 226 g/mol. The summed E-state index contributed by atoms with van der Waals surface area (Å²) < 4.78 is 0. The minimum absolute atomic E-state index is 0.428. The average Bonchev–Trinajstić information content (AvgIpc) is 2.65. The highest BCUT2D eigenvalue weighted by Gasteiger charge is 2.29. The molecular formula is C14H30N2. The van der Waals surface area contributed by atoms with Crippen LogP contribution in [0.15, 0.2) is 0 Å². The Morgan fingerprint density at radius 3 is 2.44 bits per heavy atom. The van der Waals surface area contributed by atoms with E-state index in [1.54, 1.807) is 0 Å². The lowest BCUT2D eigenvalue weighted by Gasteiger charge is -2.27. The second-order valence-electron chi connectivity index (χ2n) is 6.72. The Morgan fingerprint density at radius 1 is 1.31 bits per heavy atom. The van der Waals surface area contributed by atoms with Crippen molar-refractivity contribution >= 4 is 0 Å². The van der Waals surface area contributed by atoms with E-state index in [1.807, 2.05) is 0 Å². The maximum absolute atomic E-state index is 5.72. The van der Waals surface area contributed by atoms with E-state index in [0.29, 0.717) is 11.5 Å². The van der Waals surface area contributed by atoms with E-state index in [0.717, 1.165) is 11.8 Å². The maximum atomic E-state index is 5.72. The summed E-state index contributed by atoms with van der Waals surface area (Å²) in [7, 11) is 0. The van der Waals surface area contributed by atoms with E-state index in [9.17, 15) is 0 Å². The molecule has 2 heteroatoms. The van der Waals surface area contributed by atoms with Crippen LogP contribution in [0.3, 0.4) is 0 Å². The molecule has 0 heterocycles. The highest BCUT2D eigenvalue weighted by molar-refractivity contribution is 4.84. The van der Waals surface area contributed by atoms with Crippen molar-refractivity contribution in [1.29, 1.82) is 0 Å². The van der Waals surface area contributed by atoms with Crippen LogP contribution in [0.2, 0.25) is 0 Å². The lowest BCUT2D eigenvalue weighted by molar-refractivity contribution is 0.276. The van der Waals surface area contributed by atoms with Crippen molar-refractivity contribution in [2.24, 2.45) is 23.1 Å². The lowest BCUT2D eigenvalue weighted by Crippen LogP contribution is -2.40. The van der Waals surface area contributed by atoms with E-state index in [-0.39, 0.29) is 0 Å². The van der Waals surface area contributed by atoms with Crippen LogP contribution in [-0.2, 0) is 0 Å². The van der Waals surface area contributed by atoms with Crippen LogP contribution in [0.1, 0.15) is 66.2 Å². The topological polar surface area (TPSA) is 38.0 Å². The molecule has 0 aromatic carbocycles. The third-order valence-electron chi connectivity index (χ3n) is 4.15. The summed E-state index contributed by atoms with van der Waals surface area (Å²) in [5.74, 6) is 7.49. The van der Waals surface area contributed by atoms with Crippen LogP contribution < -0.4 is 11.3 Å². The zero-order chi connectivity index (χ0) is 12.2. The second-order valence-corrected chi connectivity index (χ2v) is 6.72. The average molecular weight is 226 g/mol. The summed E-state index contributed by atoms with van der Waals surface area (Å²) in [6.45, 7) is 9.24. The van der Waals surface area contributed by atoms with Crippen molar-refractivity contribution in [1.82, 2.24) is 5.43 Å². The lowest BCUT2D eigenvalue weighted by atomic mass is 9.85. The van der Waals surface area contributed by atoms with Gasteiger partial charge in [0, 0.05) is 6.04 Å². The predicted molar refractivity (Wildman–Crippen MR) is 70.9 cm³/mol. The first-order chi connectivity index (χ1) is 7.46. The van der Waals surface area contributed by atoms with Crippen molar-refractivity contribution in [2.75, 3.05) is 0 Å². The molecule has 96 valence electrons. The molecule has 16 heavy (non-hydrogen) atoms. The summed E-state index contributed by atoms with van der Waals surface area (Å²) >= 11 is 0. The SMILES string of the molecule is CCC1CCC(C(CCC(C)(C)C)NN)C1. The normalized spacial score (nSPS) is 28.3. The molecule has 0 spiro atoms. The summed E-state index contributed by atoms with van der Waals surface area (Å²) in [4.78, 5) is 0. The van der Waals surface area contributed by atoms with Gasteiger partial charge >= 0.3 is 0 Å². The molecular weight excluding hydrogens is 196 g/mol. The third kappa shape index (κ3) is 4.42. The summed E-state index contributed by atoms with van der Waals surface area (Å²) in [5.41, 5.74) is 3.49. The Bertz CT molecular complexity index is 195. The Hall–Kier alpha value is -0.0800. The molecule has 1 fully saturated rings. The van der Waals surface area contributed by atoms with E-state index in [2.05, 4.69) is 33.1 Å².